The number of ether oxygens (including phenoxy) is 1. The molecule has 3 rings (SSSR count). The monoisotopic (exact) mass is 320 g/mol. The third-order valence-corrected chi connectivity index (χ3v) is 3.32. The van der Waals surface area contributed by atoms with Crippen LogP contribution in [-0.4, -0.2) is 28.2 Å². The zero-order valence-electron chi connectivity index (χ0n) is 11.4. The molecule has 0 aliphatic heterocycles. The fourth-order valence-corrected chi connectivity index (χ4v) is 2.16. The standard InChI is InChI=1S/C14H10ClFN4O2/c1-22-14-9-5-7(6-17-12(9)19-20-14)18-13(21)8-3-2-4-10(15)11(8)16/h2-6H,1H3,(H,18,21)(H,17,19,20). The fraction of sp³-hybridized carbons (Fsp3) is 0.0714. The average Bonchev–Trinajstić information content (AvgIpc) is 2.92. The molecule has 112 valence electrons. The average molecular weight is 321 g/mol. The van der Waals surface area contributed by atoms with Gasteiger partial charge in [0.25, 0.3) is 5.91 Å². The number of hydrogen-bond acceptors (Lipinski definition) is 4. The van der Waals surface area contributed by atoms with E-state index in [-0.39, 0.29) is 10.6 Å². The number of carbonyl (C=O) groups is 1. The van der Waals surface area contributed by atoms with Crippen molar-refractivity contribution in [1.82, 2.24) is 15.2 Å². The van der Waals surface area contributed by atoms with E-state index >= 15 is 0 Å². The Bertz CT molecular complexity index is 865. The number of carbonyl (C=O) groups excluding carboxylic acids is 1. The lowest BCUT2D eigenvalue weighted by molar-refractivity contribution is 0.102. The maximum Gasteiger partial charge on any atom is 0.258 e. The lowest BCUT2D eigenvalue weighted by Gasteiger charge is -2.06. The number of halogens is 2. The second-order valence-corrected chi connectivity index (χ2v) is 4.82. The number of nitrogens with zero attached hydrogens (tertiary/aromatic N) is 2. The number of aromatic amines is 1. The van der Waals surface area contributed by atoms with Gasteiger partial charge in [-0.3, -0.25) is 9.89 Å². The molecule has 0 radical (unpaired) electrons. The lowest BCUT2D eigenvalue weighted by atomic mass is 10.2. The first-order valence-corrected chi connectivity index (χ1v) is 6.61. The molecular weight excluding hydrogens is 311 g/mol. The van der Waals surface area contributed by atoms with Crippen molar-refractivity contribution < 1.29 is 13.9 Å². The van der Waals surface area contributed by atoms with Crippen molar-refractivity contribution in [3.05, 3.63) is 46.9 Å². The minimum atomic E-state index is -0.767. The number of nitrogens with one attached hydrogen (secondary N) is 2. The van der Waals surface area contributed by atoms with E-state index < -0.39 is 11.7 Å². The number of anilines is 1. The summed E-state index contributed by atoms with van der Waals surface area (Å²) in [4.78, 5) is 16.2. The number of rotatable bonds is 3. The number of hydrogen-bond donors (Lipinski definition) is 2. The highest BCUT2D eigenvalue weighted by Crippen LogP contribution is 2.24. The molecule has 3 aromatic rings. The maximum absolute atomic E-state index is 13.8. The summed E-state index contributed by atoms with van der Waals surface area (Å²) < 4.78 is 18.9. The second-order valence-electron chi connectivity index (χ2n) is 4.41. The van der Waals surface area contributed by atoms with Crippen molar-refractivity contribution in [3.8, 4) is 5.88 Å². The zero-order chi connectivity index (χ0) is 15.7. The van der Waals surface area contributed by atoms with Gasteiger partial charge in [0.1, 0.15) is 0 Å². The third kappa shape index (κ3) is 2.46. The predicted octanol–water partition coefficient (Wildman–Crippen LogP) is 3.01. The van der Waals surface area contributed by atoms with Crippen molar-refractivity contribution in [3.63, 3.8) is 0 Å². The lowest BCUT2D eigenvalue weighted by Crippen LogP contribution is -2.14. The molecule has 0 bridgehead atoms. The maximum atomic E-state index is 13.8. The minimum absolute atomic E-state index is 0.113. The molecule has 2 heterocycles. The molecule has 0 saturated heterocycles. The van der Waals surface area contributed by atoms with E-state index in [4.69, 9.17) is 16.3 Å². The quantitative estimate of drug-likeness (QED) is 0.777. The molecule has 0 aliphatic carbocycles. The van der Waals surface area contributed by atoms with E-state index in [1.807, 2.05) is 0 Å². The minimum Gasteiger partial charge on any atom is -0.479 e. The van der Waals surface area contributed by atoms with Gasteiger partial charge in [-0.05, 0) is 18.2 Å². The predicted molar refractivity (Wildman–Crippen MR) is 79.8 cm³/mol. The van der Waals surface area contributed by atoms with E-state index in [1.54, 1.807) is 6.07 Å². The van der Waals surface area contributed by atoms with Crippen LogP contribution in [0.5, 0.6) is 5.88 Å². The Morgan fingerprint density at radius 1 is 1.45 bits per heavy atom. The summed E-state index contributed by atoms with van der Waals surface area (Å²) in [5.41, 5.74) is 0.757. The first-order valence-electron chi connectivity index (χ1n) is 6.23. The molecule has 2 N–H and O–H groups in total. The Morgan fingerprint density at radius 2 is 2.27 bits per heavy atom. The van der Waals surface area contributed by atoms with E-state index in [2.05, 4.69) is 20.5 Å². The van der Waals surface area contributed by atoms with Gasteiger partial charge in [-0.2, -0.15) is 0 Å². The van der Waals surface area contributed by atoms with Crippen LogP contribution in [0.15, 0.2) is 30.5 Å². The molecule has 0 unspecified atom stereocenters. The van der Waals surface area contributed by atoms with E-state index in [0.717, 1.165) is 0 Å². The number of fused-ring (bicyclic) bond motifs is 1. The first kappa shape index (κ1) is 14.3. The van der Waals surface area contributed by atoms with Gasteiger partial charge in [-0.1, -0.05) is 17.7 Å². The highest BCUT2D eigenvalue weighted by atomic mass is 35.5. The number of H-pyrrole nitrogens is 1. The van der Waals surface area contributed by atoms with Gasteiger partial charge in [0.15, 0.2) is 11.5 Å². The molecule has 6 nitrogen and oxygen atoms in total. The van der Waals surface area contributed by atoms with Gasteiger partial charge in [-0.25, -0.2) is 9.37 Å². The molecule has 0 spiro atoms. The van der Waals surface area contributed by atoms with E-state index in [0.29, 0.717) is 22.6 Å². The van der Waals surface area contributed by atoms with Crippen LogP contribution in [0.1, 0.15) is 10.4 Å². The topological polar surface area (TPSA) is 79.9 Å². The van der Waals surface area contributed by atoms with Gasteiger partial charge in [0.05, 0.1) is 35.0 Å². The fourth-order valence-electron chi connectivity index (χ4n) is 1.98. The highest BCUT2D eigenvalue weighted by Gasteiger charge is 2.15. The summed E-state index contributed by atoms with van der Waals surface area (Å²) in [5.74, 6) is -1.03. The molecular formula is C14H10ClFN4O2. The van der Waals surface area contributed by atoms with Crippen molar-refractivity contribution in [1.29, 1.82) is 0 Å². The smallest absolute Gasteiger partial charge is 0.258 e. The Balaban J connectivity index is 1.92. The van der Waals surface area contributed by atoms with Crippen LogP contribution in [0, 0.1) is 5.82 Å². The Labute approximate surface area is 129 Å². The highest BCUT2D eigenvalue weighted by molar-refractivity contribution is 6.31. The van der Waals surface area contributed by atoms with Crippen LogP contribution in [0.3, 0.4) is 0 Å². The first-order chi connectivity index (χ1) is 10.6. The summed E-state index contributed by atoms with van der Waals surface area (Å²) in [6.07, 6.45) is 1.43. The summed E-state index contributed by atoms with van der Waals surface area (Å²) in [6, 6.07) is 5.85. The number of pyridine rings is 1. The normalized spacial score (nSPS) is 10.7. The Hall–Kier alpha value is -2.67. The summed E-state index contributed by atoms with van der Waals surface area (Å²) >= 11 is 5.67. The number of amides is 1. The van der Waals surface area contributed by atoms with Crippen LogP contribution < -0.4 is 10.1 Å². The van der Waals surface area contributed by atoms with Crippen molar-refractivity contribution >= 4 is 34.2 Å². The Morgan fingerprint density at radius 3 is 3.05 bits per heavy atom. The summed E-state index contributed by atoms with van der Waals surface area (Å²) in [5, 5.41) is 9.66. The molecule has 0 fully saturated rings. The summed E-state index contributed by atoms with van der Waals surface area (Å²) in [6.45, 7) is 0. The van der Waals surface area contributed by atoms with E-state index in [1.165, 1.54) is 31.5 Å². The van der Waals surface area contributed by atoms with Crippen molar-refractivity contribution in [2.45, 2.75) is 0 Å². The van der Waals surface area contributed by atoms with Crippen LogP contribution in [-0.2, 0) is 0 Å². The van der Waals surface area contributed by atoms with Gasteiger partial charge in [-0.15, -0.1) is 5.10 Å². The summed E-state index contributed by atoms with van der Waals surface area (Å²) in [7, 11) is 1.47. The number of aromatic nitrogens is 3. The zero-order valence-corrected chi connectivity index (χ0v) is 12.1. The molecule has 0 aliphatic rings. The third-order valence-electron chi connectivity index (χ3n) is 3.03. The van der Waals surface area contributed by atoms with Gasteiger partial charge < -0.3 is 10.1 Å². The molecule has 0 saturated carbocycles. The van der Waals surface area contributed by atoms with Crippen LogP contribution in [0.2, 0.25) is 5.02 Å². The number of methoxy groups -OCH3 is 1. The largest absolute Gasteiger partial charge is 0.479 e. The van der Waals surface area contributed by atoms with Gasteiger partial charge in [0, 0.05) is 0 Å². The van der Waals surface area contributed by atoms with Crippen LogP contribution in [0.4, 0.5) is 10.1 Å². The molecule has 0 atom stereocenters. The van der Waals surface area contributed by atoms with Crippen molar-refractivity contribution in [2.24, 2.45) is 0 Å². The van der Waals surface area contributed by atoms with E-state index in [9.17, 15) is 9.18 Å². The van der Waals surface area contributed by atoms with Crippen LogP contribution in [0.25, 0.3) is 11.0 Å². The van der Waals surface area contributed by atoms with Gasteiger partial charge >= 0.3 is 0 Å². The molecule has 2 aromatic heterocycles. The molecule has 22 heavy (non-hydrogen) atoms. The second kappa shape index (κ2) is 5.61. The van der Waals surface area contributed by atoms with Crippen molar-refractivity contribution in [2.75, 3.05) is 12.4 Å². The SMILES string of the molecule is COc1n[nH]c2ncc(NC(=O)c3cccc(Cl)c3F)cc12. The Kier molecular flexibility index (Phi) is 3.64. The molecule has 8 heteroatoms. The molecule has 1 aromatic carbocycles. The number of benzene rings is 1. The van der Waals surface area contributed by atoms with Gasteiger partial charge in [0.2, 0.25) is 5.88 Å². The van der Waals surface area contributed by atoms with Crippen LogP contribution >= 0.6 is 11.6 Å². The molecule has 1 amide bonds.